The van der Waals surface area contributed by atoms with Crippen molar-refractivity contribution in [1.82, 2.24) is 0 Å². The SMILES string of the molecule is CCCCCCCCCCCCCCCCCCCCCCCCC(=O)O[C@H](COC(=O)CCCCCCCCCCCCCCCCCCCCCCC)COP(=O)(O)OC[C@@H](O)COP(=O)(O)OC[C@@H](COC(=O)CCCCCCCCCCC(C)CC)OC(=O)CCCCCCCCCCCCCC(C)C. The van der Waals surface area contributed by atoms with Gasteiger partial charge in [-0.15, -0.1) is 0 Å². The molecule has 0 spiro atoms. The molecular formula is C90H176O17P2. The third kappa shape index (κ3) is 82.4. The topological polar surface area (TPSA) is 237 Å². The maximum atomic E-state index is 13.2. The number of carbonyl (C=O) groups is 4. The summed E-state index contributed by atoms with van der Waals surface area (Å²) in [5, 5.41) is 10.7. The van der Waals surface area contributed by atoms with Gasteiger partial charge in [0.05, 0.1) is 26.4 Å². The maximum absolute atomic E-state index is 13.2. The molecule has 0 saturated carbocycles. The van der Waals surface area contributed by atoms with Crippen LogP contribution >= 0.6 is 15.6 Å². The molecule has 19 heteroatoms. The molecule has 109 heavy (non-hydrogen) atoms. The minimum absolute atomic E-state index is 0.106. The highest BCUT2D eigenvalue weighted by molar-refractivity contribution is 7.47. The Hall–Kier alpha value is -1.94. The fourth-order valence-corrected chi connectivity index (χ4v) is 15.7. The van der Waals surface area contributed by atoms with Crippen LogP contribution in [0.2, 0.25) is 0 Å². The Labute approximate surface area is 670 Å². The number of phosphoric ester groups is 2. The van der Waals surface area contributed by atoms with Gasteiger partial charge in [0.25, 0.3) is 0 Å². The molecule has 0 bridgehead atoms. The molecule has 3 unspecified atom stereocenters. The Kier molecular flexibility index (Phi) is 79.8. The summed E-state index contributed by atoms with van der Waals surface area (Å²) in [6, 6.07) is 0. The van der Waals surface area contributed by atoms with E-state index in [0.717, 1.165) is 102 Å². The molecule has 0 radical (unpaired) electrons. The molecule has 648 valence electrons. The van der Waals surface area contributed by atoms with Gasteiger partial charge in [-0.1, -0.05) is 433 Å². The van der Waals surface area contributed by atoms with Gasteiger partial charge in [0, 0.05) is 25.7 Å². The second-order valence-corrected chi connectivity index (χ2v) is 36.0. The second-order valence-electron chi connectivity index (χ2n) is 33.1. The Balaban J connectivity index is 5.23. The molecule has 3 N–H and O–H groups in total. The van der Waals surface area contributed by atoms with E-state index in [1.54, 1.807) is 0 Å². The highest BCUT2D eigenvalue weighted by Crippen LogP contribution is 2.45. The van der Waals surface area contributed by atoms with E-state index < -0.39 is 97.5 Å². The zero-order chi connectivity index (χ0) is 79.9. The van der Waals surface area contributed by atoms with E-state index in [9.17, 15) is 43.2 Å². The molecular weight excluding hydrogens is 1410 g/mol. The maximum Gasteiger partial charge on any atom is 0.472 e. The normalized spacial score (nSPS) is 14.0. The number of hydrogen-bond acceptors (Lipinski definition) is 15. The van der Waals surface area contributed by atoms with Crippen molar-refractivity contribution in [3.05, 3.63) is 0 Å². The number of hydrogen-bond donors (Lipinski definition) is 3. The summed E-state index contributed by atoms with van der Waals surface area (Å²) < 4.78 is 69.0. The summed E-state index contributed by atoms with van der Waals surface area (Å²) in [4.78, 5) is 73.4. The monoisotopic (exact) mass is 1590 g/mol. The van der Waals surface area contributed by atoms with Gasteiger partial charge in [-0.05, 0) is 37.5 Å². The molecule has 0 aliphatic rings. The van der Waals surface area contributed by atoms with Crippen molar-refractivity contribution in [1.29, 1.82) is 0 Å². The summed E-state index contributed by atoms with van der Waals surface area (Å²) in [7, 11) is -9.93. The van der Waals surface area contributed by atoms with Crippen LogP contribution in [0.3, 0.4) is 0 Å². The third-order valence-electron chi connectivity index (χ3n) is 21.6. The zero-order valence-corrected chi connectivity index (χ0v) is 73.7. The van der Waals surface area contributed by atoms with E-state index >= 15 is 0 Å². The van der Waals surface area contributed by atoms with Crippen molar-refractivity contribution in [2.45, 2.75) is 503 Å². The highest BCUT2D eigenvalue weighted by atomic mass is 31.2. The second kappa shape index (κ2) is 81.2. The molecule has 0 rings (SSSR count). The number of carbonyl (C=O) groups excluding carboxylic acids is 4. The summed E-state index contributed by atoms with van der Waals surface area (Å²) >= 11 is 0. The lowest BCUT2D eigenvalue weighted by Gasteiger charge is -2.21. The lowest BCUT2D eigenvalue weighted by atomic mass is 9.99. The van der Waals surface area contributed by atoms with Crippen molar-refractivity contribution >= 4 is 39.5 Å². The quantitative estimate of drug-likeness (QED) is 0.0222. The van der Waals surface area contributed by atoms with E-state index in [-0.39, 0.29) is 25.7 Å². The number of rotatable bonds is 89. The van der Waals surface area contributed by atoms with Gasteiger partial charge in [0.1, 0.15) is 19.3 Å². The van der Waals surface area contributed by atoms with Crippen LogP contribution in [0.4, 0.5) is 0 Å². The molecule has 0 fully saturated rings. The molecule has 0 aliphatic heterocycles. The van der Waals surface area contributed by atoms with Crippen molar-refractivity contribution in [2.24, 2.45) is 11.8 Å². The van der Waals surface area contributed by atoms with E-state index in [1.807, 2.05) is 0 Å². The van der Waals surface area contributed by atoms with Crippen molar-refractivity contribution < 1.29 is 80.2 Å². The van der Waals surface area contributed by atoms with Crippen molar-refractivity contribution in [2.75, 3.05) is 39.6 Å². The summed E-state index contributed by atoms with van der Waals surface area (Å²) in [5.74, 6) is -0.557. The summed E-state index contributed by atoms with van der Waals surface area (Å²) in [6.07, 6.45) is 75.2. The van der Waals surface area contributed by atoms with Gasteiger partial charge in [-0.3, -0.25) is 37.3 Å². The van der Waals surface area contributed by atoms with Gasteiger partial charge in [0.15, 0.2) is 12.2 Å². The number of phosphoric acid groups is 2. The Morgan fingerprint density at radius 2 is 0.468 bits per heavy atom. The number of aliphatic hydroxyl groups is 1. The smallest absolute Gasteiger partial charge is 0.462 e. The molecule has 6 atom stereocenters. The van der Waals surface area contributed by atoms with Crippen LogP contribution in [0.1, 0.15) is 485 Å². The number of esters is 4. The number of ether oxygens (including phenoxy) is 4. The lowest BCUT2D eigenvalue weighted by Crippen LogP contribution is -2.30. The first-order valence-electron chi connectivity index (χ1n) is 46.5. The first kappa shape index (κ1) is 107. The average molecular weight is 1590 g/mol. The van der Waals surface area contributed by atoms with E-state index in [0.29, 0.717) is 25.7 Å². The standard InChI is InChI=1S/C90H176O17P2/c1-7-10-12-14-16-18-20-22-24-26-28-30-32-34-36-38-40-44-48-56-62-68-74-89(94)106-85(78-100-87(92)72-66-60-54-47-43-39-37-35-33-31-29-27-25-23-21-19-17-15-13-11-8-2)80-104-108(96,97)102-76-84(91)77-103-109(98,99)105-81-86(79-101-88(93)73-67-61-55-51-50-53-59-65-71-83(6)9-3)107-90(95)75-69-63-57-49-45-41-42-46-52-58-64-70-82(4)5/h82-86,91H,7-81H2,1-6H3,(H,96,97)(H,98,99)/t83?,84-,85-,86-/m1/s1. The summed E-state index contributed by atoms with van der Waals surface area (Å²) in [6.45, 7) is 9.69. The molecule has 0 amide bonds. The van der Waals surface area contributed by atoms with Gasteiger partial charge in [-0.25, -0.2) is 9.13 Å². The van der Waals surface area contributed by atoms with Crippen LogP contribution in [-0.2, 0) is 65.4 Å². The summed E-state index contributed by atoms with van der Waals surface area (Å²) in [5.41, 5.74) is 0. The van der Waals surface area contributed by atoms with Gasteiger partial charge in [0.2, 0.25) is 0 Å². The van der Waals surface area contributed by atoms with Crippen LogP contribution < -0.4 is 0 Å². The zero-order valence-electron chi connectivity index (χ0n) is 71.9. The van der Waals surface area contributed by atoms with Crippen LogP contribution in [-0.4, -0.2) is 96.7 Å². The Bertz CT molecular complexity index is 2080. The fraction of sp³-hybridized carbons (Fsp3) is 0.956. The van der Waals surface area contributed by atoms with Gasteiger partial charge in [-0.2, -0.15) is 0 Å². The fourth-order valence-electron chi connectivity index (χ4n) is 14.1. The molecule has 0 saturated heterocycles. The predicted molar refractivity (Wildman–Crippen MR) is 451 cm³/mol. The average Bonchev–Trinajstić information content (AvgIpc) is 0.900. The van der Waals surface area contributed by atoms with Crippen molar-refractivity contribution in [3.8, 4) is 0 Å². The molecule has 0 aromatic carbocycles. The minimum Gasteiger partial charge on any atom is -0.462 e. The van der Waals surface area contributed by atoms with Crippen LogP contribution in [0.5, 0.6) is 0 Å². The molecule has 0 aliphatic carbocycles. The first-order chi connectivity index (χ1) is 52.9. The van der Waals surface area contributed by atoms with E-state index in [1.165, 1.54) is 302 Å². The van der Waals surface area contributed by atoms with Gasteiger partial charge < -0.3 is 33.8 Å². The molecule has 0 aromatic heterocycles. The lowest BCUT2D eigenvalue weighted by molar-refractivity contribution is -0.161. The van der Waals surface area contributed by atoms with Crippen molar-refractivity contribution in [3.63, 3.8) is 0 Å². The largest absolute Gasteiger partial charge is 0.472 e. The number of unbranched alkanes of at least 4 members (excludes halogenated alkanes) is 58. The van der Waals surface area contributed by atoms with E-state index in [2.05, 4.69) is 41.5 Å². The highest BCUT2D eigenvalue weighted by Gasteiger charge is 2.31. The van der Waals surface area contributed by atoms with Crippen LogP contribution in [0, 0.1) is 11.8 Å². The molecule has 0 aromatic rings. The molecule has 0 heterocycles. The number of aliphatic hydroxyl groups excluding tert-OH is 1. The van der Waals surface area contributed by atoms with E-state index in [4.69, 9.17) is 37.0 Å². The molecule has 17 nitrogen and oxygen atoms in total. The van der Waals surface area contributed by atoms with Crippen LogP contribution in [0.15, 0.2) is 0 Å². The third-order valence-corrected chi connectivity index (χ3v) is 23.5. The first-order valence-corrected chi connectivity index (χ1v) is 49.5. The Morgan fingerprint density at radius 1 is 0.266 bits per heavy atom. The van der Waals surface area contributed by atoms with Crippen LogP contribution in [0.25, 0.3) is 0 Å². The Morgan fingerprint density at radius 3 is 0.697 bits per heavy atom. The van der Waals surface area contributed by atoms with Gasteiger partial charge >= 0.3 is 39.5 Å². The minimum atomic E-state index is -4.97. The predicted octanol–water partition coefficient (Wildman–Crippen LogP) is 27.8.